The molecule has 2 fully saturated rings. The number of fused-ring (bicyclic) bond motifs is 1. The van der Waals surface area contributed by atoms with E-state index >= 15 is 0 Å². The van der Waals surface area contributed by atoms with Crippen molar-refractivity contribution in [1.82, 2.24) is 4.90 Å². The molecule has 2 unspecified atom stereocenters. The lowest BCUT2D eigenvalue weighted by atomic mass is 9.57. The van der Waals surface area contributed by atoms with Gasteiger partial charge in [-0.1, -0.05) is 12.8 Å². The molecule has 1 heterocycles. The average molecular weight is 228 g/mol. The number of nitrogens with zero attached hydrogens (tertiary/aromatic N) is 1. The van der Waals surface area contributed by atoms with Crippen LogP contribution in [-0.2, 0) is 4.84 Å². The van der Waals surface area contributed by atoms with E-state index in [9.17, 15) is 5.11 Å². The van der Waals surface area contributed by atoms with Gasteiger partial charge in [-0.2, -0.15) is 0 Å². The summed E-state index contributed by atoms with van der Waals surface area (Å²) in [5.41, 5.74) is 0.326. The van der Waals surface area contributed by atoms with E-state index in [4.69, 9.17) is 10.7 Å². The fourth-order valence-electron chi connectivity index (χ4n) is 4.06. The van der Waals surface area contributed by atoms with Gasteiger partial charge in [-0.15, -0.1) is 0 Å². The maximum Gasteiger partial charge on any atom is 0.0685 e. The first-order chi connectivity index (χ1) is 7.68. The molecule has 94 valence electrons. The van der Waals surface area contributed by atoms with Gasteiger partial charge in [-0.05, 0) is 31.7 Å². The average Bonchev–Trinajstić information content (AvgIpc) is 2.59. The van der Waals surface area contributed by atoms with Crippen LogP contribution in [0.5, 0.6) is 0 Å². The van der Waals surface area contributed by atoms with Gasteiger partial charge in [0, 0.05) is 18.5 Å². The lowest BCUT2D eigenvalue weighted by Crippen LogP contribution is -2.47. The van der Waals surface area contributed by atoms with E-state index in [1.807, 2.05) is 0 Å². The van der Waals surface area contributed by atoms with Crippen LogP contribution < -0.4 is 5.90 Å². The zero-order valence-corrected chi connectivity index (χ0v) is 10.2. The molecule has 2 atom stereocenters. The number of nitrogens with two attached hydrogens (primary N) is 1. The summed E-state index contributed by atoms with van der Waals surface area (Å²) in [7, 11) is 2.15. The molecule has 1 saturated carbocycles. The van der Waals surface area contributed by atoms with Crippen LogP contribution in [0.3, 0.4) is 0 Å². The molecule has 0 amide bonds. The highest BCUT2D eigenvalue weighted by molar-refractivity contribution is 5.07. The minimum absolute atomic E-state index is 0.0958. The number of aliphatic hydroxyl groups excluding tert-OH is 1. The minimum Gasteiger partial charge on any atom is -0.396 e. The number of hydrogen-bond donors (Lipinski definition) is 2. The van der Waals surface area contributed by atoms with Gasteiger partial charge in [0.2, 0.25) is 0 Å². The molecule has 1 aliphatic carbocycles. The molecular weight excluding hydrogens is 204 g/mol. The Morgan fingerprint density at radius 3 is 2.50 bits per heavy atom. The first kappa shape index (κ1) is 12.3. The van der Waals surface area contributed by atoms with E-state index in [0.29, 0.717) is 13.2 Å². The van der Waals surface area contributed by atoms with E-state index in [1.165, 1.54) is 19.3 Å². The van der Waals surface area contributed by atoms with Crippen LogP contribution in [0.15, 0.2) is 0 Å². The monoisotopic (exact) mass is 228 g/mol. The van der Waals surface area contributed by atoms with E-state index in [2.05, 4.69) is 11.9 Å². The highest BCUT2D eigenvalue weighted by Crippen LogP contribution is 2.56. The summed E-state index contributed by atoms with van der Waals surface area (Å²) < 4.78 is 0. The lowest BCUT2D eigenvalue weighted by Gasteiger charge is -2.48. The SMILES string of the molecule is CN1CC2(CO)CCCCC2(CCON)C1. The molecule has 2 aliphatic rings. The van der Waals surface area contributed by atoms with Crippen molar-refractivity contribution in [2.45, 2.75) is 32.1 Å². The zero-order chi connectivity index (χ0) is 11.6. The van der Waals surface area contributed by atoms with Gasteiger partial charge in [-0.3, -0.25) is 0 Å². The summed E-state index contributed by atoms with van der Waals surface area (Å²) in [4.78, 5) is 7.13. The van der Waals surface area contributed by atoms with Crippen LogP contribution in [0.1, 0.15) is 32.1 Å². The van der Waals surface area contributed by atoms with Gasteiger partial charge in [0.1, 0.15) is 0 Å². The van der Waals surface area contributed by atoms with Crippen molar-refractivity contribution in [1.29, 1.82) is 0 Å². The van der Waals surface area contributed by atoms with Gasteiger partial charge < -0.3 is 14.8 Å². The molecule has 1 saturated heterocycles. The van der Waals surface area contributed by atoms with Crippen LogP contribution in [0.25, 0.3) is 0 Å². The van der Waals surface area contributed by atoms with Crippen LogP contribution in [0.2, 0.25) is 0 Å². The first-order valence-electron chi connectivity index (χ1n) is 6.29. The summed E-state index contributed by atoms with van der Waals surface area (Å²) in [6, 6.07) is 0. The first-order valence-corrected chi connectivity index (χ1v) is 6.29. The molecule has 0 bridgehead atoms. The Hall–Kier alpha value is -0.160. The Kier molecular flexibility index (Phi) is 3.54. The molecule has 4 heteroatoms. The van der Waals surface area contributed by atoms with Crippen molar-refractivity contribution in [2.75, 3.05) is 33.4 Å². The molecule has 0 aromatic rings. The molecule has 0 aromatic heterocycles. The van der Waals surface area contributed by atoms with Crippen LogP contribution >= 0.6 is 0 Å². The molecular formula is C12H24N2O2. The van der Waals surface area contributed by atoms with Gasteiger partial charge in [0.25, 0.3) is 0 Å². The summed E-state index contributed by atoms with van der Waals surface area (Å²) >= 11 is 0. The van der Waals surface area contributed by atoms with Crippen LogP contribution in [0, 0.1) is 10.8 Å². The third-order valence-electron chi connectivity index (χ3n) is 4.83. The third-order valence-corrected chi connectivity index (χ3v) is 4.83. The standard InChI is InChI=1S/C12H24N2O2/c1-14-8-11(6-7-16-13)4-2-3-5-12(11,9-14)10-15/h15H,2-10,13H2,1H3. The molecule has 3 N–H and O–H groups in total. The predicted molar refractivity (Wildman–Crippen MR) is 62.7 cm³/mol. The summed E-state index contributed by atoms with van der Waals surface area (Å²) in [5.74, 6) is 5.17. The molecule has 0 aromatic carbocycles. The second kappa shape index (κ2) is 4.61. The Bertz CT molecular complexity index is 249. The van der Waals surface area contributed by atoms with Crippen LogP contribution in [-0.4, -0.2) is 43.4 Å². The molecule has 2 rings (SSSR count). The van der Waals surface area contributed by atoms with Crippen molar-refractivity contribution >= 4 is 0 Å². The number of hydrogen-bond acceptors (Lipinski definition) is 4. The zero-order valence-electron chi connectivity index (χ0n) is 10.2. The maximum atomic E-state index is 9.84. The van der Waals surface area contributed by atoms with Crippen molar-refractivity contribution in [2.24, 2.45) is 16.7 Å². The largest absolute Gasteiger partial charge is 0.396 e. The second-order valence-corrected chi connectivity index (χ2v) is 5.72. The quantitative estimate of drug-likeness (QED) is 0.697. The summed E-state index contributed by atoms with van der Waals surface area (Å²) in [6.45, 7) is 3.02. The lowest BCUT2D eigenvalue weighted by molar-refractivity contribution is -0.0373. The minimum atomic E-state index is 0.0958. The smallest absolute Gasteiger partial charge is 0.0685 e. The summed E-state index contributed by atoms with van der Waals surface area (Å²) in [5, 5.41) is 9.84. The third kappa shape index (κ3) is 1.78. The van der Waals surface area contributed by atoms with Crippen LogP contribution in [0.4, 0.5) is 0 Å². The highest BCUT2D eigenvalue weighted by atomic mass is 16.6. The fourth-order valence-corrected chi connectivity index (χ4v) is 4.06. The number of aliphatic hydroxyl groups is 1. The van der Waals surface area contributed by atoms with E-state index in [-0.39, 0.29) is 10.8 Å². The molecule has 0 spiro atoms. The highest BCUT2D eigenvalue weighted by Gasteiger charge is 2.56. The molecule has 4 nitrogen and oxygen atoms in total. The summed E-state index contributed by atoms with van der Waals surface area (Å²) in [6.07, 6.45) is 5.87. The Balaban J connectivity index is 2.21. The van der Waals surface area contributed by atoms with Crippen molar-refractivity contribution in [3.05, 3.63) is 0 Å². The number of likely N-dealkylation sites (tertiary alicyclic amines) is 1. The normalized spacial score (nSPS) is 39.9. The van der Waals surface area contributed by atoms with E-state index < -0.39 is 0 Å². The van der Waals surface area contributed by atoms with Crippen molar-refractivity contribution in [3.63, 3.8) is 0 Å². The Morgan fingerprint density at radius 1 is 1.25 bits per heavy atom. The fraction of sp³-hybridized carbons (Fsp3) is 1.00. The van der Waals surface area contributed by atoms with E-state index in [0.717, 1.165) is 25.9 Å². The van der Waals surface area contributed by atoms with Gasteiger partial charge in [-0.25, -0.2) is 5.90 Å². The molecule has 0 radical (unpaired) electrons. The van der Waals surface area contributed by atoms with Crippen molar-refractivity contribution < 1.29 is 9.94 Å². The second-order valence-electron chi connectivity index (χ2n) is 5.72. The topological polar surface area (TPSA) is 58.7 Å². The maximum absolute atomic E-state index is 9.84. The predicted octanol–water partition coefficient (Wildman–Crippen LogP) is 0.751. The molecule has 1 aliphatic heterocycles. The van der Waals surface area contributed by atoms with E-state index in [1.54, 1.807) is 0 Å². The molecule has 16 heavy (non-hydrogen) atoms. The van der Waals surface area contributed by atoms with Gasteiger partial charge >= 0.3 is 0 Å². The van der Waals surface area contributed by atoms with Gasteiger partial charge in [0.05, 0.1) is 13.2 Å². The Morgan fingerprint density at radius 2 is 1.88 bits per heavy atom. The Labute approximate surface area is 97.7 Å². The van der Waals surface area contributed by atoms with Crippen molar-refractivity contribution in [3.8, 4) is 0 Å². The van der Waals surface area contributed by atoms with Gasteiger partial charge in [0.15, 0.2) is 0 Å². The number of rotatable bonds is 4.